The number of esters is 1. The van der Waals surface area contributed by atoms with Crippen LogP contribution in [0, 0.1) is 26.7 Å². The number of aryl methyl sites for hydroxylation is 3. The molecule has 4 rings (SSSR count). The Hall–Kier alpha value is -3.22. The molecule has 162 valence electrons. The molecule has 1 aliphatic rings. The highest BCUT2D eigenvalue weighted by Gasteiger charge is 2.30. The zero-order chi connectivity index (χ0) is 22.1. The molecule has 1 aliphatic heterocycles. The minimum atomic E-state index is -0.160. The molecule has 1 aromatic carbocycles. The number of hydrogen-bond acceptors (Lipinski definition) is 5. The number of ether oxygens (including phenoxy) is 1. The summed E-state index contributed by atoms with van der Waals surface area (Å²) < 4.78 is 6.95. The first-order valence-electron chi connectivity index (χ1n) is 10.8. The maximum atomic E-state index is 13.5. The summed E-state index contributed by atoms with van der Waals surface area (Å²) in [7, 11) is 0. The van der Waals surface area contributed by atoms with Crippen molar-refractivity contribution in [2.24, 2.45) is 5.92 Å². The van der Waals surface area contributed by atoms with E-state index in [4.69, 9.17) is 14.8 Å². The fraction of sp³-hybridized carbons (Fsp3) is 0.417. The van der Waals surface area contributed by atoms with Crippen molar-refractivity contribution in [2.75, 3.05) is 19.7 Å². The average molecular weight is 421 g/mol. The molecule has 31 heavy (non-hydrogen) atoms. The van der Waals surface area contributed by atoms with Gasteiger partial charge < -0.3 is 9.64 Å². The number of rotatable bonds is 4. The first-order chi connectivity index (χ1) is 14.9. The molecule has 3 heterocycles. The Morgan fingerprint density at radius 1 is 1.10 bits per heavy atom. The molecule has 0 bridgehead atoms. The largest absolute Gasteiger partial charge is 0.466 e. The number of amides is 1. The summed E-state index contributed by atoms with van der Waals surface area (Å²) in [6.45, 7) is 9.12. The highest BCUT2D eigenvalue weighted by molar-refractivity contribution is 6.06. The van der Waals surface area contributed by atoms with E-state index in [1.165, 1.54) is 5.56 Å². The second-order valence-corrected chi connectivity index (χ2v) is 8.16. The molecular weight excluding hydrogens is 392 g/mol. The van der Waals surface area contributed by atoms with Crippen LogP contribution in [0.4, 0.5) is 0 Å². The molecule has 1 saturated heterocycles. The van der Waals surface area contributed by atoms with Crippen molar-refractivity contribution in [3.63, 3.8) is 0 Å². The molecule has 0 aliphatic carbocycles. The molecule has 1 amide bonds. The maximum absolute atomic E-state index is 13.5. The third-order valence-electron chi connectivity index (χ3n) is 5.85. The van der Waals surface area contributed by atoms with Crippen molar-refractivity contribution in [1.29, 1.82) is 0 Å². The van der Waals surface area contributed by atoms with E-state index in [0.717, 1.165) is 22.5 Å². The number of carbonyl (C=O) groups excluding carboxylic acids is 2. The molecule has 0 N–H and O–H groups in total. The monoisotopic (exact) mass is 420 g/mol. The number of pyridine rings is 1. The van der Waals surface area contributed by atoms with Crippen LogP contribution in [0.1, 0.15) is 47.1 Å². The smallest absolute Gasteiger partial charge is 0.309 e. The first kappa shape index (κ1) is 21.0. The standard InChI is InChI=1S/C24H28N4O3/c1-5-31-24(30)18-10-12-27(13-11-18)23(29)20-14-16(3)25-22-21(20)17(4)26-28(22)19-8-6-15(2)7-9-19/h6-9,14,18H,5,10-13H2,1-4H3. The van der Waals surface area contributed by atoms with E-state index in [-0.39, 0.29) is 17.8 Å². The summed E-state index contributed by atoms with van der Waals surface area (Å²) >= 11 is 0. The summed E-state index contributed by atoms with van der Waals surface area (Å²) in [6, 6.07) is 9.93. The number of fused-ring (bicyclic) bond motifs is 1. The highest BCUT2D eigenvalue weighted by atomic mass is 16.5. The number of nitrogens with zero attached hydrogens (tertiary/aromatic N) is 4. The Morgan fingerprint density at radius 3 is 2.42 bits per heavy atom. The van der Waals surface area contributed by atoms with Gasteiger partial charge in [0.05, 0.1) is 34.9 Å². The van der Waals surface area contributed by atoms with Crippen molar-refractivity contribution >= 4 is 22.9 Å². The lowest BCUT2D eigenvalue weighted by atomic mass is 9.96. The van der Waals surface area contributed by atoms with E-state index < -0.39 is 0 Å². The predicted molar refractivity (Wildman–Crippen MR) is 118 cm³/mol. The van der Waals surface area contributed by atoms with E-state index in [0.29, 0.717) is 43.7 Å². The van der Waals surface area contributed by atoms with Crippen LogP contribution in [0.25, 0.3) is 16.7 Å². The fourth-order valence-electron chi connectivity index (χ4n) is 4.20. The molecule has 0 spiro atoms. The Morgan fingerprint density at radius 2 is 1.77 bits per heavy atom. The summed E-state index contributed by atoms with van der Waals surface area (Å²) in [5, 5.41) is 5.48. The van der Waals surface area contributed by atoms with Gasteiger partial charge in [-0.1, -0.05) is 17.7 Å². The molecule has 7 heteroatoms. The third kappa shape index (κ3) is 4.04. The lowest BCUT2D eigenvalue weighted by Crippen LogP contribution is -2.40. The van der Waals surface area contributed by atoms with E-state index in [1.807, 2.05) is 62.9 Å². The second kappa shape index (κ2) is 8.49. The SMILES string of the molecule is CCOC(=O)C1CCN(C(=O)c2cc(C)nc3c2c(C)nn3-c2ccc(C)cc2)CC1. The number of likely N-dealkylation sites (tertiary alicyclic amines) is 1. The van der Waals surface area contributed by atoms with Gasteiger partial charge in [0.1, 0.15) is 0 Å². The zero-order valence-corrected chi connectivity index (χ0v) is 18.5. The zero-order valence-electron chi connectivity index (χ0n) is 18.5. The van der Waals surface area contributed by atoms with Crippen LogP contribution in [0.5, 0.6) is 0 Å². The van der Waals surface area contributed by atoms with Gasteiger partial charge in [-0.2, -0.15) is 5.10 Å². The number of hydrogen-bond donors (Lipinski definition) is 0. The summed E-state index contributed by atoms with van der Waals surface area (Å²) in [6.07, 6.45) is 1.25. The summed E-state index contributed by atoms with van der Waals surface area (Å²) in [4.78, 5) is 32.0. The number of carbonyl (C=O) groups is 2. The molecule has 2 aromatic heterocycles. The van der Waals surface area contributed by atoms with Crippen LogP contribution < -0.4 is 0 Å². The van der Waals surface area contributed by atoms with Gasteiger partial charge in [-0.05, 0) is 58.7 Å². The van der Waals surface area contributed by atoms with E-state index >= 15 is 0 Å². The fourth-order valence-corrected chi connectivity index (χ4v) is 4.20. The minimum absolute atomic E-state index is 0.0376. The number of piperidine rings is 1. The molecule has 3 aromatic rings. The van der Waals surface area contributed by atoms with Gasteiger partial charge >= 0.3 is 5.97 Å². The van der Waals surface area contributed by atoms with Gasteiger partial charge in [0.15, 0.2) is 5.65 Å². The van der Waals surface area contributed by atoms with Crippen molar-refractivity contribution in [1.82, 2.24) is 19.7 Å². The topological polar surface area (TPSA) is 77.3 Å². The van der Waals surface area contributed by atoms with Gasteiger partial charge in [0, 0.05) is 18.8 Å². The Labute approximate surface area is 182 Å². The highest BCUT2D eigenvalue weighted by Crippen LogP contribution is 2.28. The minimum Gasteiger partial charge on any atom is -0.466 e. The van der Waals surface area contributed by atoms with E-state index in [2.05, 4.69) is 0 Å². The Balaban J connectivity index is 1.66. The summed E-state index contributed by atoms with van der Waals surface area (Å²) in [5.74, 6) is -0.328. The third-order valence-corrected chi connectivity index (χ3v) is 5.85. The quantitative estimate of drug-likeness (QED) is 0.601. The van der Waals surface area contributed by atoms with E-state index in [1.54, 1.807) is 4.68 Å². The van der Waals surface area contributed by atoms with E-state index in [9.17, 15) is 9.59 Å². The molecule has 7 nitrogen and oxygen atoms in total. The van der Waals surface area contributed by atoms with Crippen LogP contribution in [0.2, 0.25) is 0 Å². The molecule has 1 fully saturated rings. The summed E-state index contributed by atoms with van der Waals surface area (Å²) in [5.41, 5.74) is 4.93. The first-order valence-corrected chi connectivity index (χ1v) is 10.8. The molecule has 0 saturated carbocycles. The van der Waals surface area contributed by atoms with Gasteiger partial charge in [0.25, 0.3) is 5.91 Å². The normalized spacial score (nSPS) is 14.8. The van der Waals surface area contributed by atoms with Gasteiger partial charge in [-0.25, -0.2) is 9.67 Å². The second-order valence-electron chi connectivity index (χ2n) is 8.16. The lowest BCUT2D eigenvalue weighted by Gasteiger charge is -2.31. The van der Waals surface area contributed by atoms with Gasteiger partial charge in [-0.15, -0.1) is 0 Å². The van der Waals surface area contributed by atoms with Crippen LogP contribution in [0.3, 0.4) is 0 Å². The van der Waals surface area contributed by atoms with Gasteiger partial charge in [-0.3, -0.25) is 9.59 Å². The van der Waals surface area contributed by atoms with Crippen molar-refractivity contribution in [3.05, 3.63) is 52.8 Å². The van der Waals surface area contributed by atoms with Gasteiger partial charge in [0.2, 0.25) is 0 Å². The van der Waals surface area contributed by atoms with Crippen LogP contribution >= 0.6 is 0 Å². The number of aromatic nitrogens is 3. The molecule has 0 atom stereocenters. The molecule has 0 unspecified atom stereocenters. The number of benzene rings is 1. The van der Waals surface area contributed by atoms with Crippen LogP contribution in [0.15, 0.2) is 30.3 Å². The average Bonchev–Trinajstić information content (AvgIpc) is 3.09. The predicted octanol–water partition coefficient (Wildman–Crippen LogP) is 3.76. The molecule has 0 radical (unpaired) electrons. The van der Waals surface area contributed by atoms with Crippen molar-refractivity contribution in [2.45, 2.75) is 40.5 Å². The lowest BCUT2D eigenvalue weighted by molar-refractivity contribution is -0.149. The van der Waals surface area contributed by atoms with Crippen molar-refractivity contribution in [3.8, 4) is 5.69 Å². The molecular formula is C24H28N4O3. The maximum Gasteiger partial charge on any atom is 0.309 e. The van der Waals surface area contributed by atoms with Crippen molar-refractivity contribution < 1.29 is 14.3 Å². The van der Waals surface area contributed by atoms with Crippen LogP contribution in [-0.2, 0) is 9.53 Å². The van der Waals surface area contributed by atoms with Crippen LogP contribution in [-0.4, -0.2) is 51.2 Å². The Kier molecular flexibility index (Phi) is 5.76. The Bertz CT molecular complexity index is 1130.